The molecule has 0 unspecified atom stereocenters. The van der Waals surface area contributed by atoms with Crippen molar-refractivity contribution in [1.82, 2.24) is 0 Å². The van der Waals surface area contributed by atoms with Gasteiger partial charge in [0.2, 0.25) is 0 Å². The molecule has 0 fully saturated rings. The number of carbonyl (C=O) groups excluding carboxylic acids is 1. The van der Waals surface area contributed by atoms with Crippen LogP contribution >= 0.6 is 0 Å². The monoisotopic (exact) mass is 191 g/mol. The Kier molecular flexibility index (Phi) is 2.04. The van der Waals surface area contributed by atoms with Crippen LogP contribution in [0.3, 0.4) is 0 Å². The van der Waals surface area contributed by atoms with E-state index in [1.807, 2.05) is 0 Å². The van der Waals surface area contributed by atoms with Gasteiger partial charge in [-0.15, -0.1) is 0 Å². The number of hydrogen-bond donors (Lipinski definition) is 0. The number of aryl methyl sites for hydroxylation is 1. The smallest absolute Gasteiger partial charge is 0.269 e. The fourth-order valence-electron chi connectivity index (χ4n) is 1.71. The van der Waals surface area contributed by atoms with E-state index in [1.54, 1.807) is 12.1 Å². The number of nitrogens with zero attached hydrogens (tertiary/aromatic N) is 1. The summed E-state index contributed by atoms with van der Waals surface area (Å²) in [6, 6.07) is 4.71. The highest BCUT2D eigenvalue weighted by Crippen LogP contribution is 2.23. The second-order valence-corrected chi connectivity index (χ2v) is 3.43. The van der Waals surface area contributed by atoms with Crippen molar-refractivity contribution in [3.63, 3.8) is 0 Å². The molecular weight excluding hydrogens is 182 g/mol. The van der Waals surface area contributed by atoms with Crippen LogP contribution in [-0.4, -0.2) is 10.7 Å². The van der Waals surface area contributed by atoms with Gasteiger partial charge in [0, 0.05) is 25.0 Å². The summed E-state index contributed by atoms with van der Waals surface area (Å²) in [5.41, 5.74) is 1.99. The summed E-state index contributed by atoms with van der Waals surface area (Å²) in [5.74, 6) is 0.214. The number of ketones is 1. The van der Waals surface area contributed by atoms with Gasteiger partial charge >= 0.3 is 0 Å². The van der Waals surface area contributed by atoms with Gasteiger partial charge < -0.3 is 0 Å². The first kappa shape index (κ1) is 8.87. The van der Waals surface area contributed by atoms with Crippen LogP contribution < -0.4 is 0 Å². The molecule has 14 heavy (non-hydrogen) atoms. The summed E-state index contributed by atoms with van der Waals surface area (Å²) in [5, 5.41) is 10.5. The van der Waals surface area contributed by atoms with Crippen molar-refractivity contribution in [2.45, 2.75) is 19.3 Å². The van der Waals surface area contributed by atoms with Crippen molar-refractivity contribution in [2.24, 2.45) is 0 Å². The molecule has 4 heteroatoms. The van der Waals surface area contributed by atoms with E-state index in [2.05, 4.69) is 0 Å². The Morgan fingerprint density at radius 3 is 2.71 bits per heavy atom. The highest BCUT2D eigenvalue weighted by atomic mass is 16.6. The van der Waals surface area contributed by atoms with Crippen molar-refractivity contribution in [1.29, 1.82) is 0 Å². The zero-order valence-corrected chi connectivity index (χ0v) is 7.53. The fraction of sp³-hybridized carbons (Fsp3) is 0.300. The normalized spacial score (nSPS) is 15.0. The number of fused-ring (bicyclic) bond motifs is 1. The largest absolute Gasteiger partial charge is 0.299 e. The average Bonchev–Trinajstić information content (AvgIpc) is 2.16. The molecule has 1 aliphatic carbocycles. The van der Waals surface area contributed by atoms with Crippen LogP contribution in [-0.2, 0) is 17.6 Å². The summed E-state index contributed by atoms with van der Waals surface area (Å²) >= 11 is 0. The summed E-state index contributed by atoms with van der Waals surface area (Å²) in [4.78, 5) is 21.2. The number of benzene rings is 1. The van der Waals surface area contributed by atoms with E-state index in [9.17, 15) is 14.9 Å². The molecule has 0 amide bonds. The first-order chi connectivity index (χ1) is 6.66. The van der Waals surface area contributed by atoms with Crippen molar-refractivity contribution >= 4 is 11.5 Å². The first-order valence-electron chi connectivity index (χ1n) is 4.45. The Balaban J connectivity index is 2.41. The zero-order chi connectivity index (χ0) is 10.1. The van der Waals surface area contributed by atoms with E-state index >= 15 is 0 Å². The van der Waals surface area contributed by atoms with Crippen molar-refractivity contribution in [3.05, 3.63) is 39.4 Å². The second-order valence-electron chi connectivity index (χ2n) is 3.43. The van der Waals surface area contributed by atoms with Crippen LogP contribution in [0.25, 0.3) is 0 Å². The predicted molar refractivity (Wildman–Crippen MR) is 50.1 cm³/mol. The van der Waals surface area contributed by atoms with Gasteiger partial charge in [-0.2, -0.15) is 0 Å². The van der Waals surface area contributed by atoms with Crippen LogP contribution in [0, 0.1) is 10.1 Å². The summed E-state index contributed by atoms with van der Waals surface area (Å²) in [6.07, 6.45) is 1.57. The van der Waals surface area contributed by atoms with Crippen LogP contribution in [0.1, 0.15) is 17.5 Å². The number of Topliss-reactive ketones (excluding diaryl/α,β-unsaturated/α-hetero) is 1. The molecular formula is C10H9NO3. The predicted octanol–water partition coefficient (Wildman–Crippen LogP) is 1.65. The minimum absolute atomic E-state index is 0.109. The van der Waals surface area contributed by atoms with Gasteiger partial charge in [0.25, 0.3) is 5.69 Å². The maximum Gasteiger partial charge on any atom is 0.269 e. The third-order valence-corrected chi connectivity index (χ3v) is 2.46. The van der Waals surface area contributed by atoms with Crippen LogP contribution in [0.2, 0.25) is 0 Å². The molecule has 0 heterocycles. The Morgan fingerprint density at radius 1 is 1.21 bits per heavy atom. The fourth-order valence-corrected chi connectivity index (χ4v) is 1.71. The molecule has 1 aromatic carbocycles. The lowest BCUT2D eigenvalue weighted by Crippen LogP contribution is -2.13. The van der Waals surface area contributed by atoms with Crippen molar-refractivity contribution in [3.8, 4) is 0 Å². The Labute approximate surface area is 80.7 Å². The Hall–Kier alpha value is -1.71. The molecule has 72 valence electrons. The molecule has 2 rings (SSSR count). The van der Waals surface area contributed by atoms with Crippen LogP contribution in [0.15, 0.2) is 18.2 Å². The maximum absolute atomic E-state index is 11.1. The highest BCUT2D eigenvalue weighted by Gasteiger charge is 2.17. The lowest BCUT2D eigenvalue weighted by molar-refractivity contribution is -0.384. The minimum Gasteiger partial charge on any atom is -0.299 e. The Bertz CT molecular complexity index is 412. The molecule has 0 saturated heterocycles. The molecule has 0 spiro atoms. The molecule has 0 aromatic heterocycles. The van der Waals surface area contributed by atoms with E-state index in [1.165, 1.54) is 6.07 Å². The van der Waals surface area contributed by atoms with Gasteiger partial charge in [-0.3, -0.25) is 14.9 Å². The molecule has 4 nitrogen and oxygen atoms in total. The topological polar surface area (TPSA) is 60.2 Å². The summed E-state index contributed by atoms with van der Waals surface area (Å²) < 4.78 is 0. The third kappa shape index (κ3) is 1.51. The van der Waals surface area contributed by atoms with E-state index in [0.29, 0.717) is 19.3 Å². The zero-order valence-electron chi connectivity index (χ0n) is 7.53. The number of non-ortho nitro benzene ring substituents is 1. The van der Waals surface area contributed by atoms with Gasteiger partial charge in [0.1, 0.15) is 5.78 Å². The molecule has 0 radical (unpaired) electrons. The van der Waals surface area contributed by atoms with E-state index in [0.717, 1.165) is 11.1 Å². The van der Waals surface area contributed by atoms with Crippen LogP contribution in [0.4, 0.5) is 5.69 Å². The molecule has 0 N–H and O–H groups in total. The second kappa shape index (κ2) is 3.21. The SMILES string of the molecule is O=C1CCc2cc([N+](=O)[O-])ccc2C1. The third-order valence-electron chi connectivity index (χ3n) is 2.46. The molecule has 0 atom stereocenters. The number of nitro groups is 1. The van der Waals surface area contributed by atoms with Crippen LogP contribution in [0.5, 0.6) is 0 Å². The van der Waals surface area contributed by atoms with Gasteiger partial charge in [-0.05, 0) is 17.5 Å². The molecule has 1 aromatic rings. The molecule has 0 saturated carbocycles. The van der Waals surface area contributed by atoms with Gasteiger partial charge in [-0.25, -0.2) is 0 Å². The standard InChI is InChI=1S/C10H9NO3/c12-10-4-2-7-5-9(11(13)14)3-1-8(7)6-10/h1,3,5H,2,4,6H2. The average molecular weight is 191 g/mol. The Morgan fingerprint density at radius 2 is 2.00 bits per heavy atom. The molecule has 0 aliphatic heterocycles. The quantitative estimate of drug-likeness (QED) is 0.501. The molecule has 1 aliphatic rings. The minimum atomic E-state index is -0.406. The summed E-state index contributed by atoms with van der Waals surface area (Å²) in [6.45, 7) is 0. The number of carbonyl (C=O) groups is 1. The maximum atomic E-state index is 11.1. The molecule has 0 bridgehead atoms. The summed E-state index contributed by atoms with van der Waals surface area (Å²) in [7, 11) is 0. The van der Waals surface area contributed by atoms with Gasteiger partial charge in [0.15, 0.2) is 0 Å². The number of nitro benzene ring substituents is 1. The van der Waals surface area contributed by atoms with Gasteiger partial charge in [0.05, 0.1) is 4.92 Å². The van der Waals surface area contributed by atoms with E-state index < -0.39 is 4.92 Å². The number of hydrogen-bond acceptors (Lipinski definition) is 3. The van der Waals surface area contributed by atoms with Crippen molar-refractivity contribution in [2.75, 3.05) is 0 Å². The number of rotatable bonds is 1. The van der Waals surface area contributed by atoms with E-state index in [4.69, 9.17) is 0 Å². The van der Waals surface area contributed by atoms with E-state index in [-0.39, 0.29) is 11.5 Å². The van der Waals surface area contributed by atoms with Crippen molar-refractivity contribution < 1.29 is 9.72 Å². The van der Waals surface area contributed by atoms with Gasteiger partial charge in [-0.1, -0.05) is 6.07 Å². The highest BCUT2D eigenvalue weighted by molar-refractivity contribution is 5.83. The lowest BCUT2D eigenvalue weighted by Gasteiger charge is -2.13. The lowest BCUT2D eigenvalue weighted by atomic mass is 9.90. The first-order valence-corrected chi connectivity index (χ1v) is 4.45.